The van der Waals surface area contributed by atoms with Crippen LogP contribution in [0.1, 0.15) is 0 Å². The van der Waals surface area contributed by atoms with Crippen molar-refractivity contribution in [3.05, 3.63) is 0 Å². The zero-order valence-electron chi connectivity index (χ0n) is 3.50. The van der Waals surface area contributed by atoms with Gasteiger partial charge in [0.1, 0.15) is 0 Å². The molecule has 0 amide bonds. The second-order valence-corrected chi connectivity index (χ2v) is 1.80. The van der Waals surface area contributed by atoms with E-state index in [0.29, 0.717) is 0 Å². The monoisotopic (exact) mass is 250 g/mol. The summed E-state index contributed by atoms with van der Waals surface area (Å²) in [6, 6.07) is 0. The molecule has 0 aliphatic carbocycles. The van der Waals surface area contributed by atoms with E-state index >= 15 is 0 Å². The maximum Gasteiger partial charge on any atom is 0.668 e. The summed E-state index contributed by atoms with van der Waals surface area (Å²) in [5, 5.41) is 0. The standard InChI is InChI=1S/H4O4Si.Zn.Zr/c1-5(2,3)4;;/h1-4H;;. The van der Waals surface area contributed by atoms with Crippen LogP contribution in [0.15, 0.2) is 0 Å². The molecule has 0 saturated heterocycles. The molecule has 0 heterocycles. The molecule has 0 aliphatic rings. The minimum absolute atomic E-state index is 0. The van der Waals surface area contributed by atoms with Crippen molar-refractivity contribution in [3.63, 3.8) is 0 Å². The molecule has 0 bridgehead atoms. The molecule has 0 aromatic rings. The molecule has 0 radical (unpaired) electrons. The molecule has 0 aromatic heterocycles. The first-order valence-corrected chi connectivity index (χ1v) is 2.68. The Morgan fingerprint density at radius 1 is 0.857 bits per heavy atom. The third-order valence-corrected chi connectivity index (χ3v) is 0. The van der Waals surface area contributed by atoms with Crippen molar-refractivity contribution in [2.75, 3.05) is 0 Å². The average Bonchev–Trinajstić information content (AvgIpc) is 0.722. The average molecular weight is 253 g/mol. The van der Waals surface area contributed by atoms with Gasteiger partial charge in [-0.1, -0.05) is 0 Å². The number of hydrogen-bond donors (Lipinski definition) is 4. The van der Waals surface area contributed by atoms with Gasteiger partial charge < -0.3 is 19.2 Å². The van der Waals surface area contributed by atoms with Crippen molar-refractivity contribution >= 4 is 9.05 Å². The minimum atomic E-state index is -4.61. The Labute approximate surface area is 73.6 Å². The van der Waals surface area contributed by atoms with Crippen LogP contribution in [-0.2, 0) is 45.7 Å². The van der Waals surface area contributed by atoms with E-state index in [-0.39, 0.29) is 45.7 Å². The summed E-state index contributed by atoms with van der Waals surface area (Å²) in [5.41, 5.74) is 0. The Bertz CT molecular complexity index is 27.2. The van der Waals surface area contributed by atoms with E-state index in [0.717, 1.165) is 0 Å². The molecular formula is H4O4SiZnZr. The van der Waals surface area contributed by atoms with Crippen LogP contribution in [-0.4, -0.2) is 28.2 Å². The van der Waals surface area contributed by atoms with Crippen molar-refractivity contribution in [1.82, 2.24) is 0 Å². The minimum Gasteiger partial charge on any atom is -0.368 e. The zero-order chi connectivity index (χ0) is 4.50. The van der Waals surface area contributed by atoms with Crippen LogP contribution in [0.2, 0.25) is 0 Å². The quantitative estimate of drug-likeness (QED) is 0.356. The molecular weight excluding hydrogens is 249 g/mol. The maximum absolute atomic E-state index is 7.33. The second-order valence-electron chi connectivity index (χ2n) is 0.600. The van der Waals surface area contributed by atoms with E-state index in [1.54, 1.807) is 0 Å². The fourth-order valence-electron chi connectivity index (χ4n) is 0. The Morgan fingerprint density at radius 3 is 0.857 bits per heavy atom. The van der Waals surface area contributed by atoms with Gasteiger partial charge in [-0.2, -0.15) is 0 Å². The van der Waals surface area contributed by atoms with Crippen molar-refractivity contribution in [1.29, 1.82) is 0 Å². The van der Waals surface area contributed by atoms with E-state index in [1.807, 2.05) is 0 Å². The molecule has 7 heteroatoms. The summed E-state index contributed by atoms with van der Waals surface area (Å²) in [7, 11) is -4.61. The fraction of sp³-hybridized carbons (Fsp3) is 0. The Kier molecular flexibility index (Phi) is 12.9. The predicted octanol–water partition coefficient (Wildman–Crippen LogP) is -2.61. The summed E-state index contributed by atoms with van der Waals surface area (Å²) in [5.74, 6) is 0. The first-order chi connectivity index (χ1) is 2.00. The van der Waals surface area contributed by atoms with Gasteiger partial charge in [-0.15, -0.1) is 0 Å². The summed E-state index contributed by atoms with van der Waals surface area (Å²) in [4.78, 5) is 29.3. The third kappa shape index (κ3) is 95.8. The number of rotatable bonds is 0. The van der Waals surface area contributed by atoms with Gasteiger partial charge in [-0.05, 0) is 0 Å². The topological polar surface area (TPSA) is 80.9 Å². The van der Waals surface area contributed by atoms with Crippen LogP contribution < -0.4 is 0 Å². The normalized spacial score (nSPS) is 8.57. The summed E-state index contributed by atoms with van der Waals surface area (Å²) >= 11 is 0. The van der Waals surface area contributed by atoms with E-state index < -0.39 is 9.05 Å². The van der Waals surface area contributed by atoms with Crippen LogP contribution in [0.3, 0.4) is 0 Å². The molecule has 0 unspecified atom stereocenters. The van der Waals surface area contributed by atoms with E-state index in [2.05, 4.69) is 0 Å². The molecule has 0 fully saturated rings. The molecule has 0 saturated carbocycles. The van der Waals surface area contributed by atoms with Crippen LogP contribution in [0.25, 0.3) is 0 Å². The van der Waals surface area contributed by atoms with Gasteiger partial charge in [0.05, 0.1) is 0 Å². The molecule has 7 heavy (non-hydrogen) atoms. The summed E-state index contributed by atoms with van der Waals surface area (Å²) < 4.78 is 0. The molecule has 38 valence electrons. The summed E-state index contributed by atoms with van der Waals surface area (Å²) in [6.07, 6.45) is 0. The first-order valence-electron chi connectivity index (χ1n) is 0.894. The molecule has 0 spiro atoms. The smallest absolute Gasteiger partial charge is 0.368 e. The molecule has 0 atom stereocenters. The van der Waals surface area contributed by atoms with Crippen LogP contribution >= 0.6 is 0 Å². The van der Waals surface area contributed by atoms with E-state index in [9.17, 15) is 0 Å². The van der Waals surface area contributed by atoms with Crippen molar-refractivity contribution in [3.8, 4) is 0 Å². The molecule has 0 aromatic carbocycles. The van der Waals surface area contributed by atoms with E-state index in [1.165, 1.54) is 0 Å². The maximum atomic E-state index is 7.33. The van der Waals surface area contributed by atoms with Crippen molar-refractivity contribution in [2.45, 2.75) is 0 Å². The van der Waals surface area contributed by atoms with Gasteiger partial charge in [0.15, 0.2) is 0 Å². The fourth-order valence-corrected chi connectivity index (χ4v) is 0. The van der Waals surface area contributed by atoms with Gasteiger partial charge in [-0.3, -0.25) is 0 Å². The van der Waals surface area contributed by atoms with Crippen molar-refractivity contribution < 1.29 is 64.9 Å². The Morgan fingerprint density at radius 2 is 0.857 bits per heavy atom. The van der Waals surface area contributed by atoms with Crippen LogP contribution in [0.4, 0.5) is 0 Å². The van der Waals surface area contributed by atoms with Crippen molar-refractivity contribution in [2.24, 2.45) is 0 Å². The van der Waals surface area contributed by atoms with Crippen LogP contribution in [0, 0.1) is 0 Å². The molecule has 4 N–H and O–H groups in total. The molecule has 4 nitrogen and oxygen atoms in total. The molecule has 0 rings (SSSR count). The first kappa shape index (κ1) is 15.8. The SMILES string of the molecule is O[Si](O)(O)O.[Zn].[Zr]. The van der Waals surface area contributed by atoms with Gasteiger partial charge in [0, 0.05) is 45.7 Å². The number of hydrogen-bond acceptors (Lipinski definition) is 4. The van der Waals surface area contributed by atoms with Gasteiger partial charge >= 0.3 is 9.05 Å². The predicted molar refractivity (Wildman–Crippen MR) is 14.6 cm³/mol. The van der Waals surface area contributed by atoms with Crippen LogP contribution in [0.5, 0.6) is 0 Å². The third-order valence-electron chi connectivity index (χ3n) is 0. The zero-order valence-corrected chi connectivity index (χ0v) is 9.92. The van der Waals surface area contributed by atoms with E-state index in [4.69, 9.17) is 19.2 Å². The van der Waals surface area contributed by atoms with Gasteiger partial charge in [-0.25, -0.2) is 0 Å². The Hall–Kier alpha value is 1.56. The second kappa shape index (κ2) is 5.70. The summed E-state index contributed by atoms with van der Waals surface area (Å²) in [6.45, 7) is 0. The largest absolute Gasteiger partial charge is 0.668 e. The van der Waals surface area contributed by atoms with Gasteiger partial charge in [0.2, 0.25) is 0 Å². The Balaban J connectivity index is -0.0000000800. The molecule has 0 aliphatic heterocycles. The van der Waals surface area contributed by atoms with Gasteiger partial charge in [0.25, 0.3) is 0 Å².